The molecule has 21 heavy (non-hydrogen) atoms. The molecule has 1 aromatic carbocycles. The Hall–Kier alpha value is -1.62. The van der Waals surface area contributed by atoms with Crippen molar-refractivity contribution in [3.05, 3.63) is 29.3 Å². The zero-order valence-electron chi connectivity index (χ0n) is 12.3. The van der Waals surface area contributed by atoms with Gasteiger partial charge in [-0.05, 0) is 38.8 Å². The third-order valence-corrected chi connectivity index (χ3v) is 4.77. The molecular formula is C16H18N2O2S. The van der Waals surface area contributed by atoms with E-state index in [-0.39, 0.29) is 5.25 Å². The van der Waals surface area contributed by atoms with Crippen LogP contribution in [0.4, 0.5) is 0 Å². The number of aromatic nitrogens is 2. The Labute approximate surface area is 128 Å². The normalized spacial score (nSPS) is 19.0. The lowest BCUT2D eigenvalue weighted by molar-refractivity contribution is -0.119. The Kier molecular flexibility index (Phi) is 4.10. The summed E-state index contributed by atoms with van der Waals surface area (Å²) in [5.41, 5.74) is 3.27. The second-order valence-electron chi connectivity index (χ2n) is 5.57. The first-order chi connectivity index (χ1) is 10.1. The average molecular weight is 302 g/mol. The predicted octanol–water partition coefficient (Wildman–Crippen LogP) is 3.96. The van der Waals surface area contributed by atoms with Crippen LogP contribution in [0.25, 0.3) is 11.5 Å². The molecule has 1 fully saturated rings. The van der Waals surface area contributed by atoms with Crippen molar-refractivity contribution in [3.8, 4) is 11.5 Å². The van der Waals surface area contributed by atoms with Gasteiger partial charge in [-0.1, -0.05) is 35.4 Å². The molecule has 3 rings (SSSR count). The molecule has 5 heteroatoms. The number of carbonyl (C=O) groups excluding carboxylic acids is 1. The number of hydrogen-bond donors (Lipinski definition) is 0. The van der Waals surface area contributed by atoms with Gasteiger partial charge >= 0.3 is 0 Å². The maximum Gasteiger partial charge on any atom is 0.277 e. The second kappa shape index (κ2) is 6.02. The first kappa shape index (κ1) is 14.3. The Morgan fingerprint density at radius 3 is 2.62 bits per heavy atom. The van der Waals surface area contributed by atoms with Crippen LogP contribution in [0.5, 0.6) is 0 Å². The molecule has 0 saturated heterocycles. The van der Waals surface area contributed by atoms with Gasteiger partial charge in [0.15, 0.2) is 0 Å². The number of rotatable bonds is 3. The number of ketones is 1. The molecule has 0 amide bonds. The lowest BCUT2D eigenvalue weighted by atomic mass is 9.99. The zero-order valence-corrected chi connectivity index (χ0v) is 13.1. The number of carbonyl (C=O) groups is 1. The summed E-state index contributed by atoms with van der Waals surface area (Å²) in [4.78, 5) is 11.9. The molecule has 1 aromatic heterocycles. The van der Waals surface area contributed by atoms with E-state index in [4.69, 9.17) is 4.42 Å². The van der Waals surface area contributed by atoms with Crippen molar-refractivity contribution in [2.45, 2.75) is 50.0 Å². The van der Waals surface area contributed by atoms with E-state index in [9.17, 15) is 4.79 Å². The summed E-state index contributed by atoms with van der Waals surface area (Å²) in [7, 11) is 0. The average Bonchev–Trinajstić information content (AvgIpc) is 2.89. The fourth-order valence-electron chi connectivity index (χ4n) is 2.67. The van der Waals surface area contributed by atoms with Crippen LogP contribution in [0.3, 0.4) is 0 Å². The number of Topliss-reactive ketones (excluding diaryl/α,β-unsaturated/α-hetero) is 1. The smallest absolute Gasteiger partial charge is 0.277 e. The van der Waals surface area contributed by atoms with Crippen LogP contribution < -0.4 is 0 Å². The fourth-order valence-corrected chi connectivity index (χ4v) is 3.66. The lowest BCUT2D eigenvalue weighted by Crippen LogP contribution is -2.21. The monoisotopic (exact) mass is 302 g/mol. The summed E-state index contributed by atoms with van der Waals surface area (Å²) in [6.45, 7) is 4.09. The van der Waals surface area contributed by atoms with Crippen LogP contribution in [0.2, 0.25) is 0 Å². The Morgan fingerprint density at radius 1 is 1.14 bits per heavy atom. The predicted molar refractivity (Wildman–Crippen MR) is 82.3 cm³/mol. The van der Waals surface area contributed by atoms with E-state index in [2.05, 4.69) is 16.3 Å². The van der Waals surface area contributed by atoms with Gasteiger partial charge in [-0.3, -0.25) is 4.79 Å². The quantitative estimate of drug-likeness (QED) is 0.859. The van der Waals surface area contributed by atoms with E-state index in [1.165, 1.54) is 22.9 Å². The first-order valence-corrected chi connectivity index (χ1v) is 8.11. The van der Waals surface area contributed by atoms with E-state index in [0.29, 0.717) is 23.3 Å². The summed E-state index contributed by atoms with van der Waals surface area (Å²) < 4.78 is 5.72. The van der Waals surface area contributed by atoms with Crippen molar-refractivity contribution >= 4 is 17.5 Å². The molecule has 0 aliphatic heterocycles. The number of thioether (sulfide) groups is 1. The Morgan fingerprint density at radius 2 is 1.90 bits per heavy atom. The van der Waals surface area contributed by atoms with Gasteiger partial charge < -0.3 is 4.42 Å². The number of benzene rings is 1. The van der Waals surface area contributed by atoms with Crippen LogP contribution in [0.1, 0.15) is 36.8 Å². The standard InChI is InChI=1S/C16H18N2O2S/c1-10-7-11(2)9-12(8-10)15-17-18-16(20-15)21-14-6-4-3-5-13(14)19/h7-9,14H,3-6H2,1-2H3/t14-/m0/s1. The second-order valence-corrected chi connectivity index (χ2v) is 6.72. The van der Waals surface area contributed by atoms with Crippen molar-refractivity contribution in [1.29, 1.82) is 0 Å². The molecule has 0 radical (unpaired) electrons. The van der Waals surface area contributed by atoms with Crippen LogP contribution in [0.15, 0.2) is 27.8 Å². The summed E-state index contributed by atoms with van der Waals surface area (Å²) in [6.07, 6.45) is 3.69. The Balaban J connectivity index is 1.78. The van der Waals surface area contributed by atoms with Crippen molar-refractivity contribution in [1.82, 2.24) is 10.2 Å². The molecule has 4 nitrogen and oxygen atoms in total. The third-order valence-electron chi connectivity index (χ3n) is 3.62. The van der Waals surface area contributed by atoms with Gasteiger partial charge in [-0.2, -0.15) is 0 Å². The van der Waals surface area contributed by atoms with E-state index < -0.39 is 0 Å². The van der Waals surface area contributed by atoms with Gasteiger partial charge in [-0.15, -0.1) is 10.2 Å². The van der Waals surface area contributed by atoms with E-state index in [0.717, 1.165) is 24.8 Å². The zero-order chi connectivity index (χ0) is 14.8. The minimum atomic E-state index is -0.0219. The largest absolute Gasteiger partial charge is 0.411 e. The molecule has 110 valence electrons. The lowest BCUT2D eigenvalue weighted by Gasteiger charge is -2.17. The van der Waals surface area contributed by atoms with Crippen molar-refractivity contribution in [3.63, 3.8) is 0 Å². The number of aryl methyl sites for hydroxylation is 2. The third kappa shape index (κ3) is 3.35. The van der Waals surface area contributed by atoms with Gasteiger partial charge in [0.05, 0.1) is 5.25 Å². The van der Waals surface area contributed by atoms with Gasteiger partial charge in [0, 0.05) is 12.0 Å². The summed E-state index contributed by atoms with van der Waals surface area (Å²) in [5, 5.41) is 8.65. The molecule has 1 atom stereocenters. The Bertz CT molecular complexity index is 646. The molecular weight excluding hydrogens is 284 g/mol. The minimum Gasteiger partial charge on any atom is -0.411 e. The maximum atomic E-state index is 11.9. The maximum absolute atomic E-state index is 11.9. The number of hydrogen-bond acceptors (Lipinski definition) is 5. The summed E-state index contributed by atoms with van der Waals surface area (Å²) >= 11 is 1.41. The molecule has 0 unspecified atom stereocenters. The van der Waals surface area contributed by atoms with Crippen LogP contribution >= 0.6 is 11.8 Å². The first-order valence-electron chi connectivity index (χ1n) is 7.23. The van der Waals surface area contributed by atoms with Gasteiger partial charge in [0.2, 0.25) is 5.89 Å². The highest BCUT2D eigenvalue weighted by atomic mass is 32.2. The highest BCUT2D eigenvalue weighted by Gasteiger charge is 2.25. The van der Waals surface area contributed by atoms with Gasteiger partial charge in [0.25, 0.3) is 5.22 Å². The van der Waals surface area contributed by atoms with Crippen LogP contribution in [0, 0.1) is 13.8 Å². The highest BCUT2D eigenvalue weighted by Crippen LogP contribution is 2.32. The van der Waals surface area contributed by atoms with E-state index in [1.54, 1.807) is 0 Å². The van der Waals surface area contributed by atoms with Crippen molar-refractivity contribution in [2.24, 2.45) is 0 Å². The minimum absolute atomic E-state index is 0.0219. The van der Waals surface area contributed by atoms with Crippen molar-refractivity contribution in [2.75, 3.05) is 0 Å². The molecule has 1 saturated carbocycles. The summed E-state index contributed by atoms with van der Waals surface area (Å²) in [5.74, 6) is 0.824. The molecule has 1 heterocycles. The topological polar surface area (TPSA) is 56.0 Å². The molecule has 0 N–H and O–H groups in total. The van der Waals surface area contributed by atoms with Crippen molar-refractivity contribution < 1.29 is 9.21 Å². The summed E-state index contributed by atoms with van der Waals surface area (Å²) in [6, 6.07) is 6.16. The van der Waals surface area contributed by atoms with E-state index in [1.807, 2.05) is 26.0 Å². The molecule has 1 aliphatic carbocycles. The number of nitrogens with zero attached hydrogens (tertiary/aromatic N) is 2. The molecule has 2 aromatic rings. The SMILES string of the molecule is Cc1cc(C)cc(-c2nnc(S[C@H]3CCCCC3=O)o2)c1. The van der Waals surface area contributed by atoms with Gasteiger partial charge in [0.1, 0.15) is 5.78 Å². The van der Waals surface area contributed by atoms with Gasteiger partial charge in [-0.25, -0.2) is 0 Å². The van der Waals surface area contributed by atoms with Crippen LogP contribution in [-0.4, -0.2) is 21.2 Å². The molecule has 0 spiro atoms. The van der Waals surface area contributed by atoms with Crippen LogP contribution in [-0.2, 0) is 4.79 Å². The highest BCUT2D eigenvalue weighted by molar-refractivity contribution is 8.00. The molecule has 0 bridgehead atoms. The fraction of sp³-hybridized carbons (Fsp3) is 0.438. The molecule has 1 aliphatic rings. The van der Waals surface area contributed by atoms with E-state index >= 15 is 0 Å².